The minimum atomic E-state index is -5.74. The smallest absolute Gasteiger partial charge is 0.439 e. The highest BCUT2D eigenvalue weighted by Crippen LogP contribution is 2.36. The van der Waals surface area contributed by atoms with Crippen LogP contribution in [-0.4, -0.2) is 47.0 Å². The van der Waals surface area contributed by atoms with Gasteiger partial charge in [0.25, 0.3) is 6.17 Å². The van der Waals surface area contributed by atoms with Crippen molar-refractivity contribution in [1.29, 1.82) is 0 Å². The van der Waals surface area contributed by atoms with E-state index in [2.05, 4.69) is 4.74 Å². The molecule has 2 rings (SSSR count). The number of rotatable bonds is 6. The van der Waals surface area contributed by atoms with Crippen LogP contribution in [0.1, 0.15) is 25.3 Å². The average molecular weight is 399 g/mol. The van der Waals surface area contributed by atoms with Crippen molar-refractivity contribution in [1.82, 2.24) is 4.90 Å². The molecule has 0 amide bonds. The third-order valence-corrected chi connectivity index (χ3v) is 4.58. The number of hydrogen-bond donors (Lipinski definition) is 1. The number of ether oxygens (including phenoxy) is 1. The highest BCUT2D eigenvalue weighted by molar-refractivity contribution is 5.71. The SMILES string of the molecule is C[C@@H]1[C@H](C(=O)O)CCCN1Cc1ccc(OC(F)(F)C(F)C(F)(F)F)cc1. The number of carboxylic acids is 1. The van der Waals surface area contributed by atoms with Crippen LogP contribution in [0.15, 0.2) is 24.3 Å². The highest BCUT2D eigenvalue weighted by atomic mass is 19.4. The maximum absolute atomic E-state index is 13.3. The number of carboxylic acid groups (broad SMARTS) is 1. The molecule has 1 aliphatic heterocycles. The molecule has 3 atom stereocenters. The van der Waals surface area contributed by atoms with Crippen LogP contribution in [0.3, 0.4) is 0 Å². The molecule has 27 heavy (non-hydrogen) atoms. The molecule has 0 aliphatic carbocycles. The van der Waals surface area contributed by atoms with E-state index in [1.807, 2.05) is 4.90 Å². The molecule has 1 aromatic rings. The second-order valence-electron chi connectivity index (χ2n) is 6.51. The molecular formula is C17H19F6NO3. The fraction of sp³-hybridized carbons (Fsp3) is 0.588. The molecule has 1 unspecified atom stereocenters. The van der Waals surface area contributed by atoms with Crippen molar-refractivity contribution >= 4 is 5.97 Å². The first-order valence-corrected chi connectivity index (χ1v) is 8.25. The number of piperidine rings is 1. The summed E-state index contributed by atoms with van der Waals surface area (Å²) in [5, 5.41) is 9.21. The molecule has 1 fully saturated rings. The standard InChI is InChI=1S/C17H19F6NO3/c1-10-13(14(25)26)3-2-8-24(10)9-11-4-6-12(7-5-11)27-17(22,23)15(18)16(19,20)21/h4-7,10,13,15H,2-3,8-9H2,1H3,(H,25,26)/t10-,13-,15?/m1/s1. The van der Waals surface area contributed by atoms with E-state index in [4.69, 9.17) is 0 Å². The van der Waals surface area contributed by atoms with Crippen molar-refractivity contribution in [3.8, 4) is 5.75 Å². The van der Waals surface area contributed by atoms with Crippen molar-refractivity contribution in [3.05, 3.63) is 29.8 Å². The maximum atomic E-state index is 13.3. The first kappa shape index (κ1) is 21.3. The van der Waals surface area contributed by atoms with Crippen molar-refractivity contribution in [2.24, 2.45) is 5.92 Å². The monoisotopic (exact) mass is 399 g/mol. The molecule has 0 aromatic heterocycles. The van der Waals surface area contributed by atoms with E-state index in [-0.39, 0.29) is 6.04 Å². The van der Waals surface area contributed by atoms with Gasteiger partial charge in [0.15, 0.2) is 0 Å². The van der Waals surface area contributed by atoms with Gasteiger partial charge in [0.2, 0.25) is 0 Å². The molecule has 0 saturated carbocycles. The predicted octanol–water partition coefficient (Wildman–Crippen LogP) is 4.24. The number of likely N-dealkylation sites (tertiary alicyclic amines) is 1. The van der Waals surface area contributed by atoms with Gasteiger partial charge >= 0.3 is 18.3 Å². The van der Waals surface area contributed by atoms with Crippen LogP contribution < -0.4 is 4.74 Å². The Morgan fingerprint density at radius 1 is 1.26 bits per heavy atom. The summed E-state index contributed by atoms with van der Waals surface area (Å²) in [6.07, 6.45) is -14.0. The van der Waals surface area contributed by atoms with Crippen LogP contribution in [0.5, 0.6) is 5.75 Å². The van der Waals surface area contributed by atoms with Crippen LogP contribution in [0, 0.1) is 5.92 Å². The number of alkyl halides is 6. The van der Waals surface area contributed by atoms with Crippen molar-refractivity contribution in [2.45, 2.75) is 50.8 Å². The lowest BCUT2D eigenvalue weighted by molar-refractivity contribution is -0.304. The Balaban J connectivity index is 2.02. The van der Waals surface area contributed by atoms with E-state index in [0.717, 1.165) is 12.1 Å². The fourth-order valence-corrected chi connectivity index (χ4v) is 3.06. The number of hydrogen-bond acceptors (Lipinski definition) is 3. The lowest BCUT2D eigenvalue weighted by atomic mass is 9.90. The van der Waals surface area contributed by atoms with Gasteiger partial charge in [-0.3, -0.25) is 9.69 Å². The lowest BCUT2D eigenvalue weighted by Crippen LogP contribution is -2.45. The minimum absolute atomic E-state index is 0.226. The topological polar surface area (TPSA) is 49.8 Å². The van der Waals surface area contributed by atoms with Crippen molar-refractivity contribution in [2.75, 3.05) is 6.54 Å². The predicted molar refractivity (Wildman–Crippen MR) is 83.2 cm³/mol. The summed E-state index contributed by atoms with van der Waals surface area (Å²) in [7, 11) is 0. The zero-order valence-corrected chi connectivity index (χ0v) is 14.3. The summed E-state index contributed by atoms with van der Waals surface area (Å²) in [4.78, 5) is 13.2. The van der Waals surface area contributed by atoms with Crippen molar-refractivity contribution in [3.63, 3.8) is 0 Å². The van der Waals surface area contributed by atoms with Gasteiger partial charge in [0.05, 0.1) is 5.92 Å². The van der Waals surface area contributed by atoms with Gasteiger partial charge in [-0.1, -0.05) is 12.1 Å². The fourth-order valence-electron chi connectivity index (χ4n) is 3.06. The molecule has 1 saturated heterocycles. The molecule has 1 heterocycles. The molecule has 4 nitrogen and oxygen atoms in total. The summed E-state index contributed by atoms with van der Waals surface area (Å²) in [5.74, 6) is -2.00. The summed E-state index contributed by atoms with van der Waals surface area (Å²) in [6, 6.07) is 4.55. The summed E-state index contributed by atoms with van der Waals surface area (Å²) in [6.45, 7) is 2.79. The first-order chi connectivity index (χ1) is 12.4. The molecule has 0 radical (unpaired) electrons. The van der Waals surface area contributed by atoms with Gasteiger partial charge in [0, 0.05) is 12.6 Å². The summed E-state index contributed by atoms with van der Waals surface area (Å²) >= 11 is 0. The van der Waals surface area contributed by atoms with E-state index >= 15 is 0 Å². The van der Waals surface area contributed by atoms with E-state index in [9.17, 15) is 36.2 Å². The quantitative estimate of drug-likeness (QED) is 0.727. The Labute approximate surface area is 151 Å². The van der Waals surface area contributed by atoms with Gasteiger partial charge in [-0.15, -0.1) is 0 Å². The molecule has 0 spiro atoms. The molecular weight excluding hydrogens is 380 g/mol. The van der Waals surface area contributed by atoms with Gasteiger partial charge in [-0.2, -0.15) is 22.0 Å². The number of benzene rings is 1. The molecule has 1 N–H and O–H groups in total. The van der Waals surface area contributed by atoms with Crippen LogP contribution in [0.25, 0.3) is 0 Å². The molecule has 1 aromatic carbocycles. The van der Waals surface area contributed by atoms with Crippen LogP contribution in [0.4, 0.5) is 26.3 Å². The minimum Gasteiger partial charge on any atom is -0.481 e. The van der Waals surface area contributed by atoms with Gasteiger partial charge < -0.3 is 9.84 Å². The van der Waals surface area contributed by atoms with Gasteiger partial charge in [0.1, 0.15) is 5.75 Å². The van der Waals surface area contributed by atoms with Gasteiger partial charge in [-0.05, 0) is 44.0 Å². The summed E-state index contributed by atoms with van der Waals surface area (Å²) < 4.78 is 79.6. The average Bonchev–Trinajstić information content (AvgIpc) is 2.56. The number of halogens is 6. The van der Waals surface area contributed by atoms with Crippen LogP contribution in [-0.2, 0) is 11.3 Å². The van der Waals surface area contributed by atoms with Crippen LogP contribution >= 0.6 is 0 Å². The normalized spacial score (nSPS) is 23.1. The van der Waals surface area contributed by atoms with E-state index in [0.29, 0.717) is 31.5 Å². The second kappa shape index (κ2) is 7.95. The Bertz CT molecular complexity index is 649. The van der Waals surface area contributed by atoms with E-state index < -0.39 is 36.1 Å². The Morgan fingerprint density at radius 2 is 1.85 bits per heavy atom. The summed E-state index contributed by atoms with van der Waals surface area (Å²) in [5.41, 5.74) is 0.635. The third-order valence-electron chi connectivity index (χ3n) is 4.58. The third kappa shape index (κ3) is 5.27. The Hall–Kier alpha value is -1.97. The van der Waals surface area contributed by atoms with Crippen LogP contribution in [0.2, 0.25) is 0 Å². The second-order valence-corrected chi connectivity index (χ2v) is 6.51. The molecule has 0 bridgehead atoms. The van der Waals surface area contributed by atoms with E-state index in [1.54, 1.807) is 6.92 Å². The maximum Gasteiger partial charge on any atom is 0.439 e. The number of aliphatic carboxylic acids is 1. The van der Waals surface area contributed by atoms with E-state index in [1.165, 1.54) is 12.1 Å². The Kier molecular flexibility index (Phi) is 6.28. The lowest BCUT2D eigenvalue weighted by Gasteiger charge is -2.37. The zero-order valence-electron chi connectivity index (χ0n) is 14.3. The molecule has 10 heteroatoms. The highest BCUT2D eigenvalue weighted by Gasteiger charge is 2.59. The molecule has 152 valence electrons. The van der Waals surface area contributed by atoms with Gasteiger partial charge in [-0.25, -0.2) is 4.39 Å². The largest absolute Gasteiger partial charge is 0.481 e. The number of carbonyl (C=O) groups is 1. The zero-order chi connectivity index (χ0) is 20.4. The molecule has 1 aliphatic rings. The van der Waals surface area contributed by atoms with Crippen molar-refractivity contribution < 1.29 is 41.0 Å². The Morgan fingerprint density at radius 3 is 2.37 bits per heavy atom. The number of nitrogens with zero attached hydrogens (tertiary/aromatic N) is 1. The first-order valence-electron chi connectivity index (χ1n) is 8.25.